The summed E-state index contributed by atoms with van der Waals surface area (Å²) in [7, 11) is 1.37. The number of nitrogens with two attached hydrogens (primary N) is 1. The van der Waals surface area contributed by atoms with E-state index < -0.39 is 65.0 Å². The van der Waals surface area contributed by atoms with Gasteiger partial charge in [0, 0.05) is 40.5 Å². The van der Waals surface area contributed by atoms with Crippen molar-refractivity contribution in [3.63, 3.8) is 0 Å². The highest BCUT2D eigenvalue weighted by molar-refractivity contribution is 6.31. The molecule has 6 rings (SSSR count). The molecule has 2 aromatic rings. The number of carbonyl (C=O) groups is 3. The number of carbonyl (C=O) groups excluding carboxylic acids is 3. The van der Waals surface area contributed by atoms with Gasteiger partial charge in [0.1, 0.15) is 23.0 Å². The molecule has 7 atom stereocenters. The van der Waals surface area contributed by atoms with Crippen molar-refractivity contribution in [2.24, 2.45) is 11.1 Å². The summed E-state index contributed by atoms with van der Waals surface area (Å²) in [5, 5.41) is 33.3. The highest BCUT2D eigenvalue weighted by atomic mass is 16.7. The van der Waals surface area contributed by atoms with Gasteiger partial charge in [-0.1, -0.05) is 12.1 Å². The first-order valence-electron chi connectivity index (χ1n) is 12.7. The van der Waals surface area contributed by atoms with Gasteiger partial charge in [0.25, 0.3) is 0 Å². The van der Waals surface area contributed by atoms with Gasteiger partial charge in [0.2, 0.25) is 5.78 Å². The van der Waals surface area contributed by atoms with Gasteiger partial charge < -0.3 is 35.3 Å². The molecule has 0 amide bonds. The van der Waals surface area contributed by atoms with Gasteiger partial charge in [-0.05, 0) is 32.8 Å². The molecule has 0 radical (unpaired) electrons. The SMILES string of the molecule is COc1cccc2c1C(=O)c1c(O)c3c(c(O)c1C2=O)C1CC1(C(C)=O)CC3OC1CC(N)C(O)C(C)O1. The highest BCUT2D eigenvalue weighted by Crippen LogP contribution is 2.71. The molecule has 1 saturated heterocycles. The lowest BCUT2D eigenvalue weighted by Crippen LogP contribution is -2.52. The summed E-state index contributed by atoms with van der Waals surface area (Å²) < 4.78 is 17.4. The van der Waals surface area contributed by atoms with Crippen LogP contribution in [-0.2, 0) is 14.3 Å². The number of rotatable bonds is 4. The van der Waals surface area contributed by atoms with Crippen LogP contribution in [0.3, 0.4) is 0 Å². The Kier molecular flexibility index (Phi) is 5.49. The Balaban J connectivity index is 1.52. The molecule has 10 nitrogen and oxygen atoms in total. The monoisotopic (exact) mass is 523 g/mol. The summed E-state index contributed by atoms with van der Waals surface area (Å²) in [6.45, 7) is 3.14. The van der Waals surface area contributed by atoms with Crippen LogP contribution in [-0.4, -0.2) is 64.3 Å². The molecule has 0 aromatic heterocycles. The van der Waals surface area contributed by atoms with Crippen molar-refractivity contribution in [3.05, 3.63) is 51.6 Å². The zero-order valence-corrected chi connectivity index (χ0v) is 21.2. The van der Waals surface area contributed by atoms with E-state index in [1.54, 1.807) is 19.1 Å². The number of ketones is 3. The number of aromatic hydroxyl groups is 2. The second-order valence-electron chi connectivity index (χ2n) is 10.8. The predicted molar refractivity (Wildman–Crippen MR) is 131 cm³/mol. The van der Waals surface area contributed by atoms with Crippen molar-refractivity contribution in [2.45, 2.75) is 69.7 Å². The molecule has 200 valence electrons. The molecule has 0 spiro atoms. The topological polar surface area (TPSA) is 166 Å². The van der Waals surface area contributed by atoms with Gasteiger partial charge in [-0.2, -0.15) is 0 Å². The minimum Gasteiger partial charge on any atom is -0.507 e. The Morgan fingerprint density at radius 1 is 1.08 bits per heavy atom. The van der Waals surface area contributed by atoms with Crippen molar-refractivity contribution >= 4 is 17.3 Å². The summed E-state index contributed by atoms with van der Waals surface area (Å²) in [5.74, 6) is -2.53. The number of methoxy groups -OCH3 is 1. The van der Waals surface area contributed by atoms with Gasteiger partial charge in [-0.25, -0.2) is 0 Å². The third-order valence-corrected chi connectivity index (χ3v) is 8.76. The Labute approximate surface area is 218 Å². The second-order valence-corrected chi connectivity index (χ2v) is 10.8. The third-order valence-electron chi connectivity index (χ3n) is 8.76. The molecule has 1 aliphatic heterocycles. The van der Waals surface area contributed by atoms with Crippen LogP contribution in [0.5, 0.6) is 17.2 Å². The lowest BCUT2D eigenvalue weighted by Gasteiger charge is -2.40. The summed E-state index contributed by atoms with van der Waals surface area (Å²) in [6, 6.07) is 3.97. The summed E-state index contributed by atoms with van der Waals surface area (Å²) in [6.07, 6.45) is -2.54. The van der Waals surface area contributed by atoms with Gasteiger partial charge >= 0.3 is 0 Å². The zero-order chi connectivity index (χ0) is 27.3. The Morgan fingerprint density at radius 2 is 1.76 bits per heavy atom. The Hall–Kier alpha value is -3.31. The lowest BCUT2D eigenvalue weighted by molar-refractivity contribution is -0.243. The van der Waals surface area contributed by atoms with E-state index in [0.29, 0.717) is 6.42 Å². The van der Waals surface area contributed by atoms with E-state index in [4.69, 9.17) is 19.9 Å². The summed E-state index contributed by atoms with van der Waals surface area (Å²) in [4.78, 5) is 40.1. The maximum Gasteiger partial charge on any atom is 0.202 e. The predicted octanol–water partition coefficient (Wildman–Crippen LogP) is 2.23. The molecule has 10 heteroatoms. The van der Waals surface area contributed by atoms with Crippen LogP contribution in [0.25, 0.3) is 0 Å². The van der Waals surface area contributed by atoms with E-state index in [1.807, 2.05) is 0 Å². The minimum atomic E-state index is -0.939. The Bertz CT molecular complexity index is 1410. The second kappa shape index (κ2) is 8.34. The lowest BCUT2D eigenvalue weighted by atomic mass is 9.73. The number of ether oxygens (including phenoxy) is 3. The Morgan fingerprint density at radius 3 is 2.42 bits per heavy atom. The number of hydrogen-bond acceptors (Lipinski definition) is 10. The minimum absolute atomic E-state index is 0.00401. The molecular weight excluding hydrogens is 494 g/mol. The largest absolute Gasteiger partial charge is 0.507 e. The summed E-state index contributed by atoms with van der Waals surface area (Å²) in [5.41, 5.74) is 5.10. The number of Topliss-reactive ketones (excluding diaryl/α,β-unsaturated/α-hetero) is 1. The fraction of sp³-hybridized carbons (Fsp3) is 0.464. The van der Waals surface area contributed by atoms with E-state index in [2.05, 4.69) is 0 Å². The van der Waals surface area contributed by atoms with E-state index in [1.165, 1.54) is 20.1 Å². The molecule has 1 saturated carbocycles. The van der Waals surface area contributed by atoms with Crippen LogP contribution >= 0.6 is 0 Å². The molecule has 2 aromatic carbocycles. The van der Waals surface area contributed by atoms with Crippen molar-refractivity contribution in [1.82, 2.24) is 0 Å². The van der Waals surface area contributed by atoms with Crippen LogP contribution in [0.15, 0.2) is 18.2 Å². The highest BCUT2D eigenvalue weighted by Gasteiger charge is 2.65. The third kappa shape index (κ3) is 3.24. The van der Waals surface area contributed by atoms with Crippen molar-refractivity contribution in [3.8, 4) is 17.2 Å². The maximum atomic E-state index is 13.7. The van der Waals surface area contributed by atoms with Crippen LogP contribution < -0.4 is 10.5 Å². The molecule has 5 N–H and O–H groups in total. The van der Waals surface area contributed by atoms with Crippen LogP contribution in [0.1, 0.15) is 88.1 Å². The number of fused-ring (bicyclic) bond motifs is 5. The van der Waals surface area contributed by atoms with E-state index in [-0.39, 0.29) is 57.8 Å². The molecule has 3 aliphatic carbocycles. The molecular formula is C28H29NO9. The van der Waals surface area contributed by atoms with Crippen molar-refractivity contribution < 1.29 is 43.9 Å². The number of hydrogen-bond donors (Lipinski definition) is 4. The van der Waals surface area contributed by atoms with E-state index in [9.17, 15) is 29.7 Å². The van der Waals surface area contributed by atoms with Gasteiger partial charge in [-0.15, -0.1) is 0 Å². The molecule has 38 heavy (non-hydrogen) atoms. The first-order valence-corrected chi connectivity index (χ1v) is 12.7. The van der Waals surface area contributed by atoms with Gasteiger partial charge in [0.15, 0.2) is 12.1 Å². The first-order chi connectivity index (χ1) is 18.0. The molecule has 4 aliphatic rings. The standard InChI is InChI=1S/C28H29NO9/c1-10-23(31)14(29)7-17(37-10)38-16-9-28(11(2)30)8-13(28)19-20(16)27(35)22-21(26(19)34)24(32)12-5-4-6-15(36-3)18(12)25(22)33/h4-6,10,13-14,16-17,23,31,34-35H,7-9,29H2,1-3H3. The van der Waals surface area contributed by atoms with Crippen molar-refractivity contribution in [2.75, 3.05) is 7.11 Å². The van der Waals surface area contributed by atoms with E-state index in [0.717, 1.165) is 0 Å². The molecule has 2 fully saturated rings. The zero-order valence-electron chi connectivity index (χ0n) is 21.2. The average Bonchev–Trinajstić information content (AvgIpc) is 3.62. The number of benzene rings is 2. The quantitative estimate of drug-likeness (QED) is 0.373. The number of phenolic OH excluding ortho intramolecular Hbond substituents is 2. The van der Waals surface area contributed by atoms with Gasteiger partial charge in [-0.3, -0.25) is 14.4 Å². The number of aliphatic hydroxyl groups excluding tert-OH is 1. The fourth-order valence-electron chi connectivity index (χ4n) is 6.61. The smallest absolute Gasteiger partial charge is 0.202 e. The fourth-order valence-corrected chi connectivity index (χ4v) is 6.61. The first kappa shape index (κ1) is 25.0. The van der Waals surface area contributed by atoms with Crippen molar-refractivity contribution in [1.29, 1.82) is 0 Å². The maximum absolute atomic E-state index is 13.7. The summed E-state index contributed by atoms with van der Waals surface area (Å²) >= 11 is 0. The average molecular weight is 524 g/mol. The number of aliphatic hydroxyl groups is 1. The normalized spacial score (nSPS) is 33.1. The van der Waals surface area contributed by atoms with Crippen LogP contribution in [0, 0.1) is 5.41 Å². The molecule has 0 bridgehead atoms. The molecule has 7 unspecified atom stereocenters. The van der Waals surface area contributed by atoms with Crippen LogP contribution in [0.4, 0.5) is 0 Å². The molecule has 1 heterocycles. The number of phenols is 2. The van der Waals surface area contributed by atoms with E-state index >= 15 is 0 Å². The van der Waals surface area contributed by atoms with Gasteiger partial charge in [0.05, 0.1) is 42.1 Å². The van der Waals surface area contributed by atoms with Crippen LogP contribution in [0.2, 0.25) is 0 Å².